The van der Waals surface area contributed by atoms with E-state index in [0.29, 0.717) is 0 Å². The van der Waals surface area contributed by atoms with Crippen molar-refractivity contribution in [1.29, 1.82) is 0 Å². The SMILES string of the molecule is C[Si](C)(C)c1ccc2c(c1)Cc1c-2ccc([Si](C)(C)C)[c]1[Zr]([C]1=CC=CC1)=[C]1CCCC1. The van der Waals surface area contributed by atoms with Gasteiger partial charge in [-0.25, -0.2) is 0 Å². The van der Waals surface area contributed by atoms with Gasteiger partial charge in [0.2, 0.25) is 0 Å². The fraction of sp³-hybridized carbons (Fsp3) is 0.414. The van der Waals surface area contributed by atoms with Gasteiger partial charge in [-0.15, -0.1) is 0 Å². The molecule has 0 heterocycles. The van der Waals surface area contributed by atoms with E-state index in [1.807, 2.05) is 9.76 Å². The molecule has 2 aromatic carbocycles. The van der Waals surface area contributed by atoms with Crippen molar-refractivity contribution in [2.24, 2.45) is 0 Å². The van der Waals surface area contributed by atoms with Crippen LogP contribution in [0.25, 0.3) is 11.1 Å². The predicted molar refractivity (Wildman–Crippen MR) is 146 cm³/mol. The van der Waals surface area contributed by atoms with Crippen molar-refractivity contribution in [3.63, 3.8) is 0 Å². The third-order valence-electron chi connectivity index (χ3n) is 7.65. The third-order valence-corrected chi connectivity index (χ3v) is 20.4. The van der Waals surface area contributed by atoms with Crippen LogP contribution < -0.4 is 13.6 Å². The zero-order valence-electron chi connectivity index (χ0n) is 20.9. The summed E-state index contributed by atoms with van der Waals surface area (Å²) in [7, 11) is -2.73. The summed E-state index contributed by atoms with van der Waals surface area (Å²) >= 11 is -2.06. The van der Waals surface area contributed by atoms with Crippen LogP contribution in [0.1, 0.15) is 43.2 Å². The van der Waals surface area contributed by atoms with Crippen molar-refractivity contribution in [3.05, 3.63) is 63.0 Å². The van der Waals surface area contributed by atoms with Gasteiger partial charge in [0.05, 0.1) is 0 Å². The number of hydrogen-bond acceptors (Lipinski definition) is 0. The first-order valence-electron chi connectivity index (χ1n) is 12.5. The first-order chi connectivity index (χ1) is 15.1. The molecule has 0 unspecified atom stereocenters. The van der Waals surface area contributed by atoms with Crippen LogP contribution >= 0.6 is 0 Å². The maximum atomic E-state index is 2.58. The second kappa shape index (κ2) is 8.40. The average molecular weight is 534 g/mol. The molecule has 166 valence electrons. The maximum absolute atomic E-state index is 2.58. The summed E-state index contributed by atoms with van der Waals surface area (Å²) in [6.07, 6.45) is 15.4. The van der Waals surface area contributed by atoms with Crippen LogP contribution in [0.5, 0.6) is 0 Å². The molecule has 5 rings (SSSR count). The Bertz CT molecular complexity index is 1170. The molecular weight excluding hydrogens is 496 g/mol. The van der Waals surface area contributed by atoms with Crippen LogP contribution in [0.2, 0.25) is 39.3 Å². The Kier molecular flexibility index (Phi) is 6.00. The summed E-state index contributed by atoms with van der Waals surface area (Å²) in [5.74, 6) is 0. The number of benzene rings is 2. The molecule has 32 heavy (non-hydrogen) atoms. The van der Waals surface area contributed by atoms with E-state index in [9.17, 15) is 0 Å². The molecule has 3 aliphatic carbocycles. The summed E-state index contributed by atoms with van der Waals surface area (Å²) < 4.78 is 5.77. The molecule has 0 bridgehead atoms. The van der Waals surface area contributed by atoms with E-state index in [-0.39, 0.29) is 0 Å². The third kappa shape index (κ3) is 4.08. The number of hydrogen-bond donors (Lipinski definition) is 0. The minimum atomic E-state index is -2.06. The van der Waals surface area contributed by atoms with Crippen molar-refractivity contribution in [3.8, 4) is 11.1 Å². The van der Waals surface area contributed by atoms with Gasteiger partial charge in [0.1, 0.15) is 0 Å². The zero-order chi connectivity index (χ0) is 22.7. The molecule has 0 spiro atoms. The summed E-state index contributed by atoms with van der Waals surface area (Å²) in [5.41, 5.74) is 6.45. The van der Waals surface area contributed by atoms with Crippen LogP contribution in [0.15, 0.2) is 51.8 Å². The molecule has 0 nitrogen and oxygen atoms in total. The average Bonchev–Trinajstić information content (AvgIpc) is 3.47. The van der Waals surface area contributed by atoms with Crippen molar-refractivity contribution in [2.45, 2.75) is 77.8 Å². The second-order valence-corrected chi connectivity index (χ2v) is 28.6. The predicted octanol–water partition coefficient (Wildman–Crippen LogP) is 6.18. The molecule has 0 radical (unpaired) electrons. The van der Waals surface area contributed by atoms with Gasteiger partial charge in [-0.1, -0.05) is 0 Å². The molecule has 0 aromatic heterocycles. The van der Waals surface area contributed by atoms with Crippen LogP contribution in [0.4, 0.5) is 0 Å². The summed E-state index contributed by atoms with van der Waals surface area (Å²) in [4.78, 5) is 0. The fourth-order valence-electron chi connectivity index (χ4n) is 5.90. The molecular formula is C29H38Si2Zr. The van der Waals surface area contributed by atoms with Crippen LogP contribution in [-0.2, 0) is 27.7 Å². The number of fused-ring (bicyclic) bond motifs is 3. The van der Waals surface area contributed by atoms with Crippen molar-refractivity contribution in [1.82, 2.24) is 0 Å². The first-order valence-corrected chi connectivity index (χ1v) is 23.2. The fourth-order valence-corrected chi connectivity index (χ4v) is 20.5. The number of rotatable bonds is 4. The van der Waals surface area contributed by atoms with Gasteiger partial charge in [-0.05, 0) is 0 Å². The topological polar surface area (TPSA) is 0 Å². The van der Waals surface area contributed by atoms with Crippen LogP contribution in [0, 0.1) is 0 Å². The Morgan fingerprint density at radius 2 is 1.53 bits per heavy atom. The van der Waals surface area contributed by atoms with Crippen molar-refractivity contribution in [2.75, 3.05) is 0 Å². The van der Waals surface area contributed by atoms with E-state index >= 15 is 0 Å². The van der Waals surface area contributed by atoms with Crippen molar-refractivity contribution >= 4 is 33.0 Å². The van der Waals surface area contributed by atoms with E-state index in [4.69, 9.17) is 0 Å². The molecule has 3 aliphatic rings. The van der Waals surface area contributed by atoms with Gasteiger partial charge in [0.15, 0.2) is 0 Å². The standard InChI is InChI=1S/C19H25Si2.C5H8.C5H5.Zr/c1-20(2,3)16-7-9-18-14(12-16)11-15-13-17(21(4,5)6)8-10-19(15)18;2*1-2-4-5-3-1;/h7-10,12H,11H2,1-6H3;1-4H2;1-3H,4H2;. The molecule has 1 fully saturated rings. The van der Waals surface area contributed by atoms with Crippen molar-refractivity contribution < 1.29 is 21.3 Å². The van der Waals surface area contributed by atoms with Gasteiger partial charge >= 0.3 is 206 Å². The first kappa shape index (κ1) is 22.9. The molecule has 0 saturated heterocycles. The normalized spacial score (nSPS) is 17.6. The molecule has 0 atom stereocenters. The Morgan fingerprint density at radius 1 is 0.812 bits per heavy atom. The molecule has 2 aromatic rings. The van der Waals surface area contributed by atoms with E-state index in [0.717, 1.165) is 0 Å². The quantitative estimate of drug-likeness (QED) is 0.351. The van der Waals surface area contributed by atoms with Gasteiger partial charge in [-0.3, -0.25) is 0 Å². The Morgan fingerprint density at radius 3 is 2.16 bits per heavy atom. The summed E-state index contributed by atoms with van der Waals surface area (Å²) in [6, 6.07) is 12.6. The van der Waals surface area contributed by atoms with Gasteiger partial charge < -0.3 is 0 Å². The number of allylic oxidation sites excluding steroid dienone is 4. The van der Waals surface area contributed by atoms with E-state index in [2.05, 4.69) is 87.8 Å². The van der Waals surface area contributed by atoms with E-state index in [1.165, 1.54) is 44.1 Å². The summed E-state index contributed by atoms with van der Waals surface area (Å²) in [5, 5.41) is 3.40. The molecule has 1 saturated carbocycles. The van der Waals surface area contributed by atoms with E-state index < -0.39 is 37.4 Å². The Hall–Kier alpha value is -0.893. The minimum absolute atomic E-state index is 1.18. The van der Waals surface area contributed by atoms with Crippen LogP contribution in [-0.4, -0.2) is 19.4 Å². The molecule has 0 amide bonds. The summed E-state index contributed by atoms with van der Waals surface area (Å²) in [6.45, 7) is 15.2. The van der Waals surface area contributed by atoms with Crippen LogP contribution in [0.3, 0.4) is 0 Å². The monoisotopic (exact) mass is 532 g/mol. The molecule has 0 aliphatic heterocycles. The zero-order valence-corrected chi connectivity index (χ0v) is 25.3. The van der Waals surface area contributed by atoms with E-state index in [1.54, 1.807) is 27.1 Å². The Labute approximate surface area is 205 Å². The van der Waals surface area contributed by atoms with Gasteiger partial charge in [0, 0.05) is 0 Å². The molecule has 3 heteroatoms. The molecule has 0 N–H and O–H groups in total. The van der Waals surface area contributed by atoms with Gasteiger partial charge in [-0.2, -0.15) is 0 Å². The Balaban J connectivity index is 1.76. The van der Waals surface area contributed by atoms with Gasteiger partial charge in [0.25, 0.3) is 0 Å². The second-order valence-electron chi connectivity index (χ2n) is 12.1.